The van der Waals surface area contributed by atoms with Gasteiger partial charge in [0.1, 0.15) is 5.69 Å². The van der Waals surface area contributed by atoms with Crippen LogP contribution in [0, 0.1) is 3.57 Å². The van der Waals surface area contributed by atoms with Gasteiger partial charge in [0.25, 0.3) is 0 Å². The van der Waals surface area contributed by atoms with Crippen molar-refractivity contribution >= 4 is 45.4 Å². The molecular formula is C16H13F3IN3S. The van der Waals surface area contributed by atoms with Crippen LogP contribution in [0.3, 0.4) is 0 Å². The first-order valence-electron chi connectivity index (χ1n) is 7.13. The molecule has 0 aliphatic carbocycles. The van der Waals surface area contributed by atoms with E-state index in [1.165, 1.54) is 11.8 Å². The monoisotopic (exact) mass is 463 g/mol. The van der Waals surface area contributed by atoms with Crippen molar-refractivity contribution < 1.29 is 13.2 Å². The van der Waals surface area contributed by atoms with E-state index in [9.17, 15) is 13.2 Å². The van der Waals surface area contributed by atoms with Gasteiger partial charge in [-0.2, -0.15) is 13.2 Å². The van der Waals surface area contributed by atoms with Crippen LogP contribution >= 0.6 is 34.4 Å². The van der Waals surface area contributed by atoms with Crippen molar-refractivity contribution in [2.75, 3.05) is 5.75 Å². The molecule has 0 radical (unpaired) electrons. The van der Waals surface area contributed by atoms with Crippen LogP contribution in [0.15, 0.2) is 35.4 Å². The summed E-state index contributed by atoms with van der Waals surface area (Å²) in [6, 6.07) is 7.01. The summed E-state index contributed by atoms with van der Waals surface area (Å²) in [6.07, 6.45) is -3.53. The van der Waals surface area contributed by atoms with Gasteiger partial charge < -0.3 is 4.57 Å². The number of fused-ring (bicyclic) bond motifs is 1. The number of nitrogens with zero attached hydrogens (tertiary/aromatic N) is 3. The zero-order valence-electron chi connectivity index (χ0n) is 12.9. The van der Waals surface area contributed by atoms with Crippen molar-refractivity contribution in [3.05, 3.63) is 39.6 Å². The number of thioether (sulfide) groups is 1. The summed E-state index contributed by atoms with van der Waals surface area (Å²) >= 11 is 3.53. The fourth-order valence-corrected chi connectivity index (χ4v) is 3.69. The summed E-state index contributed by atoms with van der Waals surface area (Å²) in [5, 5.41) is 0. The molecule has 0 fully saturated rings. The van der Waals surface area contributed by atoms with Crippen LogP contribution in [0.25, 0.3) is 22.6 Å². The third-order valence-corrected chi connectivity index (χ3v) is 5.12. The summed E-state index contributed by atoms with van der Waals surface area (Å²) in [4.78, 5) is 9.15. The number of alkyl halides is 3. The third-order valence-electron chi connectivity index (χ3n) is 3.53. The van der Waals surface area contributed by atoms with Gasteiger partial charge in [-0.1, -0.05) is 6.92 Å². The van der Waals surface area contributed by atoms with Crippen molar-refractivity contribution in [2.45, 2.75) is 18.0 Å². The van der Waals surface area contributed by atoms with Gasteiger partial charge in [0, 0.05) is 21.7 Å². The van der Waals surface area contributed by atoms with E-state index in [1.54, 1.807) is 0 Å². The summed E-state index contributed by atoms with van der Waals surface area (Å²) < 4.78 is 41.8. The van der Waals surface area contributed by atoms with Crippen molar-refractivity contribution in [3.8, 4) is 11.5 Å². The number of halogens is 4. The van der Waals surface area contributed by atoms with Crippen LogP contribution in [0.2, 0.25) is 0 Å². The molecule has 24 heavy (non-hydrogen) atoms. The standard InChI is InChI=1S/C16H13F3IN3S/c1-3-24-13-6-9(16(17,18)19)8-21-14(13)15-22-11-7-10(20)4-5-12(11)23(15)2/h4-8H,3H2,1-2H3. The number of pyridine rings is 1. The maximum absolute atomic E-state index is 13.0. The Morgan fingerprint density at radius 2 is 2.00 bits per heavy atom. The molecule has 0 spiro atoms. The fourth-order valence-electron chi connectivity index (χ4n) is 2.42. The molecule has 1 aromatic carbocycles. The molecular weight excluding hydrogens is 450 g/mol. The van der Waals surface area contributed by atoms with Crippen molar-refractivity contribution in [2.24, 2.45) is 7.05 Å². The van der Waals surface area contributed by atoms with E-state index in [2.05, 4.69) is 32.6 Å². The normalized spacial score (nSPS) is 12.1. The first kappa shape index (κ1) is 17.5. The van der Waals surface area contributed by atoms with E-state index in [0.717, 1.165) is 26.9 Å². The van der Waals surface area contributed by atoms with E-state index in [-0.39, 0.29) is 0 Å². The lowest BCUT2D eigenvalue weighted by Gasteiger charge is -2.12. The summed E-state index contributed by atoms with van der Waals surface area (Å²) in [6.45, 7) is 1.89. The Labute approximate surface area is 154 Å². The van der Waals surface area contributed by atoms with Gasteiger partial charge in [-0.05, 0) is 52.6 Å². The average molecular weight is 463 g/mol. The number of aryl methyl sites for hydroxylation is 1. The summed E-state index contributed by atoms with van der Waals surface area (Å²) in [5.41, 5.74) is 1.45. The quantitative estimate of drug-likeness (QED) is 0.387. The first-order valence-corrected chi connectivity index (χ1v) is 9.20. The van der Waals surface area contributed by atoms with E-state index in [1.807, 2.05) is 36.7 Å². The molecule has 0 aliphatic heterocycles. The first-order chi connectivity index (χ1) is 11.3. The van der Waals surface area contributed by atoms with Crippen LogP contribution in [0.1, 0.15) is 12.5 Å². The highest BCUT2D eigenvalue weighted by atomic mass is 127. The Balaban J connectivity index is 2.20. The van der Waals surface area contributed by atoms with Gasteiger partial charge in [-0.25, -0.2) is 4.98 Å². The number of rotatable bonds is 3. The molecule has 0 saturated heterocycles. The Bertz CT molecular complexity index is 905. The zero-order valence-corrected chi connectivity index (χ0v) is 15.8. The Morgan fingerprint density at radius 1 is 1.25 bits per heavy atom. The summed E-state index contributed by atoms with van der Waals surface area (Å²) in [5.74, 6) is 1.22. The number of benzene rings is 1. The molecule has 0 bridgehead atoms. The average Bonchev–Trinajstić information content (AvgIpc) is 2.83. The van der Waals surface area contributed by atoms with Crippen LogP contribution in [0.4, 0.5) is 13.2 Å². The van der Waals surface area contributed by atoms with Crippen LogP contribution < -0.4 is 0 Å². The van der Waals surface area contributed by atoms with E-state index >= 15 is 0 Å². The molecule has 2 heterocycles. The number of imidazole rings is 1. The lowest BCUT2D eigenvalue weighted by atomic mass is 10.2. The smallest absolute Gasteiger partial charge is 0.326 e. The lowest BCUT2D eigenvalue weighted by Crippen LogP contribution is -2.07. The van der Waals surface area contributed by atoms with E-state index < -0.39 is 11.7 Å². The highest BCUT2D eigenvalue weighted by Gasteiger charge is 2.32. The van der Waals surface area contributed by atoms with Crippen molar-refractivity contribution in [3.63, 3.8) is 0 Å². The number of hydrogen-bond acceptors (Lipinski definition) is 3. The molecule has 0 unspecified atom stereocenters. The largest absolute Gasteiger partial charge is 0.417 e. The Hall–Kier alpha value is -1.29. The molecule has 3 aromatic rings. The predicted octanol–water partition coefficient (Wildman–Crippen LogP) is 5.37. The Kier molecular flexibility index (Phi) is 4.78. The minimum atomic E-state index is -4.41. The number of hydrogen-bond donors (Lipinski definition) is 0. The van der Waals surface area contributed by atoms with Crippen LogP contribution in [-0.2, 0) is 13.2 Å². The minimum Gasteiger partial charge on any atom is -0.326 e. The number of aromatic nitrogens is 3. The molecule has 3 rings (SSSR count). The maximum atomic E-state index is 13.0. The van der Waals surface area contributed by atoms with Gasteiger partial charge in [-0.3, -0.25) is 4.98 Å². The van der Waals surface area contributed by atoms with Gasteiger partial charge in [0.2, 0.25) is 0 Å². The third kappa shape index (κ3) is 3.26. The molecule has 0 N–H and O–H groups in total. The van der Waals surface area contributed by atoms with Crippen molar-refractivity contribution in [1.29, 1.82) is 0 Å². The second kappa shape index (κ2) is 6.55. The van der Waals surface area contributed by atoms with E-state index in [0.29, 0.717) is 22.2 Å². The van der Waals surface area contributed by atoms with Gasteiger partial charge in [0.05, 0.1) is 16.6 Å². The molecule has 0 aliphatic rings. The lowest BCUT2D eigenvalue weighted by molar-refractivity contribution is -0.138. The van der Waals surface area contributed by atoms with E-state index in [4.69, 9.17) is 0 Å². The summed E-state index contributed by atoms with van der Waals surface area (Å²) in [7, 11) is 1.84. The van der Waals surface area contributed by atoms with Crippen LogP contribution in [-0.4, -0.2) is 20.3 Å². The minimum absolute atomic E-state index is 0.476. The SMILES string of the molecule is CCSc1cc(C(F)(F)F)cnc1-c1nc2cc(I)ccc2n1C. The molecule has 126 valence electrons. The maximum Gasteiger partial charge on any atom is 0.417 e. The van der Waals surface area contributed by atoms with Crippen LogP contribution in [0.5, 0.6) is 0 Å². The molecule has 8 heteroatoms. The second-order valence-electron chi connectivity index (χ2n) is 5.13. The highest BCUT2D eigenvalue weighted by Crippen LogP contribution is 2.36. The molecule has 0 saturated carbocycles. The molecule has 0 atom stereocenters. The molecule has 3 nitrogen and oxygen atoms in total. The predicted molar refractivity (Wildman–Crippen MR) is 98.1 cm³/mol. The Morgan fingerprint density at radius 3 is 2.67 bits per heavy atom. The zero-order chi connectivity index (χ0) is 17.5. The topological polar surface area (TPSA) is 30.7 Å². The second-order valence-corrected chi connectivity index (χ2v) is 7.68. The van der Waals surface area contributed by atoms with Gasteiger partial charge in [-0.15, -0.1) is 11.8 Å². The molecule has 2 aromatic heterocycles. The fraction of sp³-hybridized carbons (Fsp3) is 0.250. The molecule has 0 amide bonds. The van der Waals surface area contributed by atoms with Gasteiger partial charge >= 0.3 is 6.18 Å². The van der Waals surface area contributed by atoms with Gasteiger partial charge in [0.15, 0.2) is 5.82 Å². The van der Waals surface area contributed by atoms with Crippen molar-refractivity contribution in [1.82, 2.24) is 14.5 Å². The highest BCUT2D eigenvalue weighted by molar-refractivity contribution is 14.1.